The third-order valence-electron chi connectivity index (χ3n) is 7.18. The molecule has 3 aliphatic rings. The van der Waals surface area contributed by atoms with E-state index < -0.39 is 29.8 Å². The second-order valence-corrected chi connectivity index (χ2v) is 9.07. The number of fused-ring (bicyclic) bond motifs is 1. The molecule has 1 amide bonds. The third kappa shape index (κ3) is 3.61. The molecule has 0 aromatic heterocycles. The molecular formula is C24H33NO4. The molecule has 0 aromatic carbocycles. The molecule has 3 rings (SSSR count). The number of Topliss-reactive ketones (excluding diaryl/α,β-unsaturated/α-hetero) is 1. The Kier molecular flexibility index (Phi) is 6.18. The summed E-state index contributed by atoms with van der Waals surface area (Å²) in [6.45, 7) is 7.81. The molecule has 0 radical (unpaired) electrons. The van der Waals surface area contributed by atoms with E-state index >= 15 is 0 Å². The number of hydrogen-bond donors (Lipinski definition) is 3. The molecule has 1 saturated carbocycles. The van der Waals surface area contributed by atoms with Gasteiger partial charge in [-0.1, -0.05) is 56.2 Å². The van der Waals surface area contributed by atoms with Crippen LogP contribution in [0.5, 0.6) is 0 Å². The first-order valence-electron chi connectivity index (χ1n) is 10.6. The molecule has 0 unspecified atom stereocenters. The number of aliphatic hydroxyl groups excluding tert-OH is 2. The van der Waals surface area contributed by atoms with Gasteiger partial charge in [0.05, 0.1) is 6.61 Å². The summed E-state index contributed by atoms with van der Waals surface area (Å²) in [5.41, 5.74) is 0.220. The minimum absolute atomic E-state index is 0.116. The lowest BCUT2D eigenvalue weighted by Gasteiger charge is -2.52. The van der Waals surface area contributed by atoms with Crippen LogP contribution in [0.3, 0.4) is 0 Å². The summed E-state index contributed by atoms with van der Waals surface area (Å²) in [7, 11) is 0. The number of nitrogens with one attached hydrogen (secondary N) is 1. The van der Waals surface area contributed by atoms with Gasteiger partial charge in [0, 0.05) is 11.3 Å². The van der Waals surface area contributed by atoms with Crippen LogP contribution in [0.2, 0.25) is 0 Å². The molecule has 3 N–H and O–H groups in total. The lowest BCUT2D eigenvalue weighted by molar-refractivity contribution is -0.118. The summed E-state index contributed by atoms with van der Waals surface area (Å²) in [6.07, 6.45) is 13.3. The molecule has 1 aliphatic heterocycles. The standard InChI is InChI=1S/C24H33NO4/c1-5-6-7-8-17-15(3)12-16-11-14(2)9-10-18(16)24(17,4)22(28)20-21(27)19(13-26)25-23(20)29/h5-8,12,14,16-19,26,28H,9-11,13H2,1-4H3,(H,25,29)/b6-5+,8-7+,22-20+/t14-,16+,17+,18+,19-,24-/m1/s1. The molecule has 1 saturated heterocycles. The van der Waals surface area contributed by atoms with Gasteiger partial charge in [0.25, 0.3) is 5.91 Å². The van der Waals surface area contributed by atoms with Crippen LogP contribution in [-0.4, -0.2) is 34.6 Å². The van der Waals surface area contributed by atoms with E-state index in [1.807, 2.05) is 32.1 Å². The number of allylic oxidation sites excluding steroid dienone is 7. The highest BCUT2D eigenvalue weighted by Gasteiger charge is 2.54. The predicted molar refractivity (Wildman–Crippen MR) is 113 cm³/mol. The maximum absolute atomic E-state index is 12.7. The van der Waals surface area contributed by atoms with Crippen molar-refractivity contribution in [3.63, 3.8) is 0 Å². The van der Waals surface area contributed by atoms with Crippen molar-refractivity contribution in [2.24, 2.45) is 29.1 Å². The zero-order chi connectivity index (χ0) is 21.3. The molecular weight excluding hydrogens is 366 g/mol. The third-order valence-corrected chi connectivity index (χ3v) is 7.18. The fourth-order valence-electron chi connectivity index (χ4n) is 5.66. The fraction of sp³-hybridized carbons (Fsp3) is 0.583. The highest BCUT2D eigenvalue weighted by molar-refractivity contribution is 6.27. The number of aliphatic hydroxyl groups is 2. The monoisotopic (exact) mass is 399 g/mol. The molecule has 2 fully saturated rings. The molecule has 0 aromatic rings. The van der Waals surface area contributed by atoms with E-state index in [1.54, 1.807) is 0 Å². The Labute approximate surface area is 173 Å². The maximum Gasteiger partial charge on any atom is 0.259 e. The highest BCUT2D eigenvalue weighted by atomic mass is 16.3. The van der Waals surface area contributed by atoms with Gasteiger partial charge in [-0.15, -0.1) is 0 Å². The second-order valence-electron chi connectivity index (χ2n) is 9.07. The number of amides is 1. The average molecular weight is 400 g/mol. The quantitative estimate of drug-likeness (QED) is 0.222. The van der Waals surface area contributed by atoms with Gasteiger partial charge in [0.2, 0.25) is 0 Å². The van der Waals surface area contributed by atoms with E-state index in [1.165, 1.54) is 0 Å². The molecule has 6 atom stereocenters. The summed E-state index contributed by atoms with van der Waals surface area (Å²) >= 11 is 0. The van der Waals surface area contributed by atoms with Gasteiger partial charge in [0.15, 0.2) is 5.78 Å². The molecule has 5 heteroatoms. The summed E-state index contributed by atoms with van der Waals surface area (Å²) in [5, 5.41) is 23.4. The largest absolute Gasteiger partial charge is 0.511 e. The number of ketones is 1. The molecule has 2 aliphatic carbocycles. The van der Waals surface area contributed by atoms with E-state index in [9.17, 15) is 19.8 Å². The fourth-order valence-corrected chi connectivity index (χ4v) is 5.66. The molecule has 0 bridgehead atoms. The van der Waals surface area contributed by atoms with Gasteiger partial charge in [-0.2, -0.15) is 0 Å². The number of rotatable bonds is 4. The molecule has 158 valence electrons. The lowest BCUT2D eigenvalue weighted by atomic mass is 9.52. The van der Waals surface area contributed by atoms with Crippen LogP contribution >= 0.6 is 0 Å². The van der Waals surface area contributed by atoms with E-state index in [4.69, 9.17) is 0 Å². The van der Waals surface area contributed by atoms with E-state index in [2.05, 4.69) is 31.3 Å². The smallest absolute Gasteiger partial charge is 0.259 e. The minimum atomic E-state index is -0.970. The molecule has 1 heterocycles. The van der Waals surface area contributed by atoms with Crippen molar-refractivity contribution in [2.75, 3.05) is 6.61 Å². The number of carbonyl (C=O) groups excluding carboxylic acids is 2. The van der Waals surface area contributed by atoms with Gasteiger partial charge in [0.1, 0.15) is 17.4 Å². The topological polar surface area (TPSA) is 86.6 Å². The van der Waals surface area contributed by atoms with Crippen LogP contribution in [0.1, 0.15) is 47.0 Å². The van der Waals surface area contributed by atoms with Crippen LogP contribution in [0.25, 0.3) is 0 Å². The Morgan fingerprint density at radius 3 is 2.66 bits per heavy atom. The lowest BCUT2D eigenvalue weighted by Crippen LogP contribution is -2.46. The minimum Gasteiger partial charge on any atom is -0.511 e. The summed E-state index contributed by atoms with van der Waals surface area (Å²) in [6, 6.07) is -0.970. The van der Waals surface area contributed by atoms with Gasteiger partial charge < -0.3 is 15.5 Å². The highest BCUT2D eigenvalue weighted by Crippen LogP contribution is 2.57. The van der Waals surface area contributed by atoms with Crippen molar-refractivity contribution in [1.29, 1.82) is 0 Å². The van der Waals surface area contributed by atoms with E-state index in [0.717, 1.165) is 24.8 Å². The van der Waals surface area contributed by atoms with Crippen LogP contribution < -0.4 is 5.32 Å². The van der Waals surface area contributed by atoms with E-state index in [0.29, 0.717) is 11.8 Å². The second kappa shape index (κ2) is 8.31. The first-order chi connectivity index (χ1) is 13.7. The Hall–Kier alpha value is -2.14. The summed E-state index contributed by atoms with van der Waals surface area (Å²) < 4.78 is 0. The number of hydrogen-bond acceptors (Lipinski definition) is 4. The Morgan fingerprint density at radius 1 is 1.31 bits per heavy atom. The van der Waals surface area contributed by atoms with Crippen molar-refractivity contribution in [2.45, 2.75) is 53.0 Å². The van der Waals surface area contributed by atoms with Crippen molar-refractivity contribution in [3.8, 4) is 0 Å². The van der Waals surface area contributed by atoms with E-state index in [-0.39, 0.29) is 23.2 Å². The van der Waals surface area contributed by atoms with Crippen molar-refractivity contribution in [1.82, 2.24) is 5.32 Å². The Bertz CT molecular complexity index is 806. The Balaban J connectivity index is 2.16. The average Bonchev–Trinajstić information content (AvgIpc) is 2.96. The van der Waals surface area contributed by atoms with Gasteiger partial charge >= 0.3 is 0 Å². The van der Waals surface area contributed by atoms with Crippen molar-refractivity contribution < 1.29 is 19.8 Å². The van der Waals surface area contributed by atoms with Crippen molar-refractivity contribution in [3.05, 3.63) is 47.3 Å². The van der Waals surface area contributed by atoms with Gasteiger partial charge in [-0.3, -0.25) is 9.59 Å². The summed E-state index contributed by atoms with van der Waals surface area (Å²) in [5.74, 6) is -0.269. The molecule has 0 spiro atoms. The van der Waals surface area contributed by atoms with Crippen LogP contribution in [0.4, 0.5) is 0 Å². The molecule has 5 nitrogen and oxygen atoms in total. The van der Waals surface area contributed by atoms with Crippen molar-refractivity contribution >= 4 is 11.7 Å². The zero-order valence-electron chi connectivity index (χ0n) is 17.8. The van der Waals surface area contributed by atoms with Gasteiger partial charge in [-0.25, -0.2) is 0 Å². The first-order valence-corrected chi connectivity index (χ1v) is 10.6. The summed E-state index contributed by atoms with van der Waals surface area (Å²) in [4.78, 5) is 25.3. The molecule has 29 heavy (non-hydrogen) atoms. The van der Waals surface area contributed by atoms with Crippen LogP contribution in [0.15, 0.2) is 47.3 Å². The maximum atomic E-state index is 12.7. The Morgan fingerprint density at radius 2 is 2.03 bits per heavy atom. The normalized spacial score (nSPS) is 39.6. The van der Waals surface area contributed by atoms with Crippen LogP contribution in [0, 0.1) is 29.1 Å². The number of carbonyl (C=O) groups is 2. The SMILES string of the molecule is C/C=C/C=C/[C@H]1C(C)=C[C@@H]2C[C@H](C)CC[C@@H]2[C@]1(C)/C(O)=C1\C(=O)N[C@H](CO)C1=O. The van der Waals surface area contributed by atoms with Crippen LogP contribution in [-0.2, 0) is 9.59 Å². The first kappa shape index (κ1) is 21.6. The van der Waals surface area contributed by atoms with Gasteiger partial charge in [-0.05, 0) is 44.4 Å². The predicted octanol–water partition coefficient (Wildman–Crippen LogP) is 3.63. The zero-order valence-corrected chi connectivity index (χ0v) is 17.8.